The van der Waals surface area contributed by atoms with Gasteiger partial charge < -0.3 is 14.6 Å². The summed E-state index contributed by atoms with van der Waals surface area (Å²) in [7, 11) is 1.60. The fraction of sp³-hybridized carbons (Fsp3) is 0.133. The van der Waals surface area contributed by atoms with Crippen molar-refractivity contribution in [3.05, 3.63) is 47.9 Å². The minimum atomic E-state index is -0.380. The summed E-state index contributed by atoms with van der Waals surface area (Å²) in [4.78, 5) is 12.0. The van der Waals surface area contributed by atoms with Gasteiger partial charge in [-0.05, 0) is 19.1 Å². The van der Waals surface area contributed by atoms with Crippen molar-refractivity contribution in [3.63, 3.8) is 0 Å². The standard InChI is InChI=1S/C15H14N4O3/c1-9-7-12(19-22-9)15(20)16-14-8-11(17-18-14)10-5-3-4-6-13(10)21-2/h3-8H,1-2H3,(H2,16,17,18,20). The Kier molecular flexibility index (Phi) is 3.61. The number of carbonyl (C=O) groups excluding carboxylic acids is 1. The zero-order valence-corrected chi connectivity index (χ0v) is 12.1. The Morgan fingerprint density at radius 2 is 2.14 bits per heavy atom. The molecule has 22 heavy (non-hydrogen) atoms. The number of methoxy groups -OCH3 is 1. The fourth-order valence-corrected chi connectivity index (χ4v) is 2.04. The van der Waals surface area contributed by atoms with E-state index in [0.717, 1.165) is 17.0 Å². The van der Waals surface area contributed by atoms with Gasteiger partial charge in [-0.1, -0.05) is 17.3 Å². The molecule has 0 atom stereocenters. The molecule has 0 radical (unpaired) electrons. The second-order valence-corrected chi connectivity index (χ2v) is 4.64. The quantitative estimate of drug-likeness (QED) is 0.772. The molecule has 0 aliphatic rings. The monoisotopic (exact) mass is 298 g/mol. The number of nitrogens with one attached hydrogen (secondary N) is 2. The summed E-state index contributed by atoms with van der Waals surface area (Å²) < 4.78 is 10.2. The van der Waals surface area contributed by atoms with Crippen LogP contribution in [0, 0.1) is 6.92 Å². The number of carbonyl (C=O) groups is 1. The van der Waals surface area contributed by atoms with Crippen molar-refractivity contribution in [1.29, 1.82) is 0 Å². The molecule has 0 aliphatic heterocycles. The Bertz CT molecular complexity index is 806. The summed E-state index contributed by atoms with van der Waals surface area (Å²) in [6.45, 7) is 1.72. The molecule has 0 aliphatic carbocycles. The molecular formula is C15H14N4O3. The number of nitrogens with zero attached hydrogens (tertiary/aromatic N) is 2. The summed E-state index contributed by atoms with van der Waals surface area (Å²) in [5, 5.41) is 13.3. The normalized spacial score (nSPS) is 10.5. The average molecular weight is 298 g/mol. The fourth-order valence-electron chi connectivity index (χ4n) is 2.04. The van der Waals surface area contributed by atoms with Gasteiger partial charge in [0.1, 0.15) is 11.5 Å². The number of hydrogen-bond acceptors (Lipinski definition) is 5. The Labute approximate surface area is 126 Å². The van der Waals surface area contributed by atoms with Gasteiger partial charge in [-0.25, -0.2) is 0 Å². The van der Waals surface area contributed by atoms with E-state index in [2.05, 4.69) is 20.7 Å². The lowest BCUT2D eigenvalue weighted by atomic mass is 10.1. The molecular weight excluding hydrogens is 284 g/mol. The van der Waals surface area contributed by atoms with Crippen LogP contribution in [0.25, 0.3) is 11.3 Å². The highest BCUT2D eigenvalue weighted by molar-refractivity contribution is 6.02. The van der Waals surface area contributed by atoms with Crippen LogP contribution >= 0.6 is 0 Å². The van der Waals surface area contributed by atoms with Crippen LogP contribution in [-0.4, -0.2) is 28.4 Å². The zero-order chi connectivity index (χ0) is 15.5. The molecule has 0 bridgehead atoms. The maximum absolute atomic E-state index is 12.0. The molecule has 3 rings (SSSR count). The molecule has 1 amide bonds. The number of ether oxygens (including phenoxy) is 1. The minimum absolute atomic E-state index is 0.208. The number of aryl methyl sites for hydroxylation is 1. The molecule has 3 aromatic rings. The highest BCUT2D eigenvalue weighted by Gasteiger charge is 2.14. The van der Waals surface area contributed by atoms with Gasteiger partial charge in [0.15, 0.2) is 11.5 Å². The number of H-pyrrole nitrogens is 1. The van der Waals surface area contributed by atoms with Crippen molar-refractivity contribution in [2.24, 2.45) is 0 Å². The van der Waals surface area contributed by atoms with E-state index < -0.39 is 0 Å². The molecule has 0 saturated heterocycles. The van der Waals surface area contributed by atoms with Crippen molar-refractivity contribution in [2.75, 3.05) is 12.4 Å². The lowest BCUT2D eigenvalue weighted by Crippen LogP contribution is -2.12. The number of amides is 1. The third kappa shape index (κ3) is 2.69. The maximum Gasteiger partial charge on any atom is 0.279 e. The SMILES string of the molecule is COc1ccccc1-c1cc(NC(=O)c2cc(C)on2)n[nH]1. The molecule has 2 aromatic heterocycles. The number of aromatic amines is 1. The van der Waals surface area contributed by atoms with Crippen molar-refractivity contribution in [3.8, 4) is 17.0 Å². The van der Waals surface area contributed by atoms with Crippen LogP contribution in [0.3, 0.4) is 0 Å². The van der Waals surface area contributed by atoms with E-state index in [0.29, 0.717) is 11.6 Å². The smallest absolute Gasteiger partial charge is 0.279 e. The lowest BCUT2D eigenvalue weighted by molar-refractivity contribution is 0.101. The molecule has 2 heterocycles. The topological polar surface area (TPSA) is 93.0 Å². The van der Waals surface area contributed by atoms with Crippen molar-refractivity contribution in [1.82, 2.24) is 15.4 Å². The number of aromatic nitrogens is 3. The first-order valence-corrected chi connectivity index (χ1v) is 6.61. The summed E-state index contributed by atoms with van der Waals surface area (Å²) in [5.74, 6) is 1.31. The van der Waals surface area contributed by atoms with Crippen molar-refractivity contribution < 1.29 is 14.1 Å². The van der Waals surface area contributed by atoms with Gasteiger partial charge in [-0.3, -0.25) is 9.89 Å². The first-order chi connectivity index (χ1) is 10.7. The summed E-state index contributed by atoms with van der Waals surface area (Å²) in [6, 6.07) is 10.8. The highest BCUT2D eigenvalue weighted by Crippen LogP contribution is 2.29. The average Bonchev–Trinajstić information content (AvgIpc) is 3.16. The Hall–Kier alpha value is -3.09. The van der Waals surface area contributed by atoms with Gasteiger partial charge in [0.2, 0.25) is 0 Å². The molecule has 0 saturated carbocycles. The van der Waals surface area contributed by atoms with E-state index in [-0.39, 0.29) is 11.6 Å². The van der Waals surface area contributed by atoms with E-state index in [1.165, 1.54) is 0 Å². The maximum atomic E-state index is 12.0. The minimum Gasteiger partial charge on any atom is -0.496 e. The first kappa shape index (κ1) is 13.9. The van der Waals surface area contributed by atoms with Gasteiger partial charge in [0, 0.05) is 17.7 Å². The third-order valence-corrected chi connectivity index (χ3v) is 3.08. The van der Waals surface area contributed by atoms with Crippen LogP contribution in [0.4, 0.5) is 5.82 Å². The summed E-state index contributed by atoms with van der Waals surface area (Å²) >= 11 is 0. The van der Waals surface area contributed by atoms with E-state index >= 15 is 0 Å². The first-order valence-electron chi connectivity index (χ1n) is 6.61. The number of anilines is 1. The van der Waals surface area contributed by atoms with Crippen LogP contribution in [-0.2, 0) is 0 Å². The van der Waals surface area contributed by atoms with Crippen LogP contribution in [0.15, 0.2) is 40.9 Å². The van der Waals surface area contributed by atoms with Crippen LogP contribution < -0.4 is 10.1 Å². The number of rotatable bonds is 4. The molecule has 0 fully saturated rings. The number of hydrogen-bond donors (Lipinski definition) is 2. The largest absolute Gasteiger partial charge is 0.496 e. The van der Waals surface area contributed by atoms with Crippen LogP contribution in [0.1, 0.15) is 16.2 Å². The number of para-hydroxylation sites is 1. The predicted octanol–water partition coefficient (Wildman–Crippen LogP) is 2.63. The van der Waals surface area contributed by atoms with E-state index in [4.69, 9.17) is 9.26 Å². The molecule has 7 nitrogen and oxygen atoms in total. The summed E-state index contributed by atoms with van der Waals surface area (Å²) in [6.07, 6.45) is 0. The van der Waals surface area contributed by atoms with Gasteiger partial charge in [0.05, 0.1) is 12.8 Å². The van der Waals surface area contributed by atoms with Gasteiger partial charge in [-0.15, -0.1) is 0 Å². The van der Waals surface area contributed by atoms with Crippen molar-refractivity contribution in [2.45, 2.75) is 6.92 Å². The predicted molar refractivity (Wildman–Crippen MR) is 79.8 cm³/mol. The second-order valence-electron chi connectivity index (χ2n) is 4.64. The molecule has 112 valence electrons. The van der Waals surface area contributed by atoms with E-state index in [1.807, 2.05) is 24.3 Å². The Morgan fingerprint density at radius 3 is 2.86 bits per heavy atom. The molecule has 7 heteroatoms. The van der Waals surface area contributed by atoms with E-state index in [9.17, 15) is 4.79 Å². The van der Waals surface area contributed by atoms with Crippen LogP contribution in [0.2, 0.25) is 0 Å². The van der Waals surface area contributed by atoms with E-state index in [1.54, 1.807) is 26.2 Å². The Morgan fingerprint density at radius 1 is 1.32 bits per heavy atom. The second kappa shape index (κ2) is 5.72. The van der Waals surface area contributed by atoms with Crippen LogP contribution in [0.5, 0.6) is 5.75 Å². The van der Waals surface area contributed by atoms with Crippen molar-refractivity contribution >= 4 is 11.7 Å². The third-order valence-electron chi connectivity index (χ3n) is 3.08. The van der Waals surface area contributed by atoms with Gasteiger partial charge in [0.25, 0.3) is 5.91 Å². The molecule has 2 N–H and O–H groups in total. The molecule has 0 spiro atoms. The Balaban J connectivity index is 1.80. The summed E-state index contributed by atoms with van der Waals surface area (Å²) in [5.41, 5.74) is 1.80. The number of benzene rings is 1. The molecule has 0 unspecified atom stereocenters. The van der Waals surface area contributed by atoms with Gasteiger partial charge >= 0.3 is 0 Å². The molecule has 1 aromatic carbocycles. The zero-order valence-electron chi connectivity index (χ0n) is 12.1. The lowest BCUT2D eigenvalue weighted by Gasteiger charge is -2.04. The highest BCUT2D eigenvalue weighted by atomic mass is 16.5. The van der Waals surface area contributed by atoms with Gasteiger partial charge in [-0.2, -0.15) is 5.10 Å².